The van der Waals surface area contributed by atoms with Crippen molar-refractivity contribution < 1.29 is 9.59 Å². The topological polar surface area (TPSA) is 63.4 Å². The van der Waals surface area contributed by atoms with Crippen LogP contribution in [0.3, 0.4) is 0 Å². The second-order valence-electron chi connectivity index (χ2n) is 6.18. The van der Waals surface area contributed by atoms with Crippen LogP contribution in [0, 0.1) is 0 Å². The van der Waals surface area contributed by atoms with Gasteiger partial charge in [-0.2, -0.15) is 0 Å². The van der Waals surface area contributed by atoms with Crippen molar-refractivity contribution in [2.75, 3.05) is 4.90 Å². The average Bonchev–Trinajstić information content (AvgIpc) is 3.00. The Bertz CT molecular complexity index is 752. The van der Waals surface area contributed by atoms with E-state index < -0.39 is 11.9 Å². The third kappa shape index (κ3) is 3.18. The Morgan fingerprint density at radius 2 is 1.75 bits per heavy atom. The standard InChI is InChI=1S/C20H22N2O2/c1-2-14-7-9-15(10-8-14)11-12-19(23)22-17-6-4-3-5-16(17)13-18(22)20(21)24/h3-10,18H,2,11-13H2,1H3,(H2,21,24)/t18-/m0/s1. The zero-order valence-electron chi connectivity index (χ0n) is 13.9. The van der Waals surface area contributed by atoms with Crippen LogP contribution in [0.5, 0.6) is 0 Å². The summed E-state index contributed by atoms with van der Waals surface area (Å²) in [6.45, 7) is 2.12. The van der Waals surface area contributed by atoms with Crippen LogP contribution in [-0.2, 0) is 28.9 Å². The largest absolute Gasteiger partial charge is 0.368 e. The van der Waals surface area contributed by atoms with Crippen LogP contribution in [-0.4, -0.2) is 17.9 Å². The maximum Gasteiger partial charge on any atom is 0.240 e. The number of anilines is 1. The predicted octanol–water partition coefficient (Wildman–Crippen LogP) is 2.62. The first-order chi connectivity index (χ1) is 11.6. The summed E-state index contributed by atoms with van der Waals surface area (Å²) in [6, 6.07) is 15.4. The lowest BCUT2D eigenvalue weighted by Crippen LogP contribution is -2.46. The number of para-hydroxylation sites is 1. The van der Waals surface area contributed by atoms with Gasteiger partial charge in [-0.15, -0.1) is 0 Å². The highest BCUT2D eigenvalue weighted by Gasteiger charge is 2.36. The fourth-order valence-corrected chi connectivity index (χ4v) is 3.24. The van der Waals surface area contributed by atoms with E-state index in [0.29, 0.717) is 19.3 Å². The lowest BCUT2D eigenvalue weighted by molar-refractivity contribution is -0.124. The van der Waals surface area contributed by atoms with Crippen molar-refractivity contribution in [1.29, 1.82) is 0 Å². The quantitative estimate of drug-likeness (QED) is 0.920. The normalized spacial score (nSPS) is 16.0. The smallest absolute Gasteiger partial charge is 0.240 e. The number of carbonyl (C=O) groups excluding carboxylic acids is 2. The molecule has 0 saturated carbocycles. The molecule has 1 atom stereocenters. The number of fused-ring (bicyclic) bond motifs is 1. The van der Waals surface area contributed by atoms with Crippen molar-refractivity contribution in [3.8, 4) is 0 Å². The van der Waals surface area contributed by atoms with E-state index in [1.54, 1.807) is 4.90 Å². The minimum absolute atomic E-state index is 0.0525. The number of aryl methyl sites for hydroxylation is 2. The first kappa shape index (κ1) is 16.2. The van der Waals surface area contributed by atoms with E-state index in [4.69, 9.17) is 5.73 Å². The lowest BCUT2D eigenvalue weighted by atomic mass is 10.1. The molecule has 124 valence electrons. The molecule has 0 fully saturated rings. The van der Waals surface area contributed by atoms with Crippen LogP contribution in [0.4, 0.5) is 5.69 Å². The molecule has 2 aromatic carbocycles. The minimum atomic E-state index is -0.572. The second-order valence-corrected chi connectivity index (χ2v) is 6.18. The van der Waals surface area contributed by atoms with Gasteiger partial charge in [0.05, 0.1) is 0 Å². The lowest BCUT2D eigenvalue weighted by Gasteiger charge is -2.23. The SMILES string of the molecule is CCc1ccc(CCC(=O)N2c3ccccc3C[C@H]2C(N)=O)cc1. The first-order valence-electron chi connectivity index (χ1n) is 8.37. The van der Waals surface area contributed by atoms with Crippen LogP contribution in [0.1, 0.15) is 30.0 Å². The zero-order chi connectivity index (χ0) is 17.1. The Kier molecular flexibility index (Phi) is 4.65. The third-order valence-electron chi connectivity index (χ3n) is 4.63. The molecule has 1 aliphatic rings. The summed E-state index contributed by atoms with van der Waals surface area (Å²) in [5.74, 6) is -0.504. The van der Waals surface area contributed by atoms with Gasteiger partial charge in [-0.05, 0) is 35.6 Å². The molecule has 0 bridgehead atoms. The maximum atomic E-state index is 12.7. The van der Waals surface area contributed by atoms with Gasteiger partial charge in [-0.3, -0.25) is 14.5 Å². The molecule has 2 aromatic rings. The minimum Gasteiger partial charge on any atom is -0.368 e. The molecule has 0 aliphatic carbocycles. The van der Waals surface area contributed by atoms with Crippen molar-refractivity contribution in [3.63, 3.8) is 0 Å². The molecule has 4 nitrogen and oxygen atoms in total. The van der Waals surface area contributed by atoms with E-state index in [9.17, 15) is 9.59 Å². The molecule has 2 N–H and O–H groups in total. The molecular weight excluding hydrogens is 300 g/mol. The number of hydrogen-bond acceptors (Lipinski definition) is 2. The summed E-state index contributed by atoms with van der Waals surface area (Å²) in [4.78, 5) is 26.1. The summed E-state index contributed by atoms with van der Waals surface area (Å²) in [5.41, 5.74) is 9.74. The number of amides is 2. The van der Waals surface area contributed by atoms with Gasteiger partial charge in [0, 0.05) is 18.5 Å². The number of hydrogen-bond donors (Lipinski definition) is 1. The Labute approximate surface area is 142 Å². The van der Waals surface area contributed by atoms with Crippen molar-refractivity contribution >= 4 is 17.5 Å². The number of nitrogens with two attached hydrogens (primary N) is 1. The van der Waals surface area contributed by atoms with Crippen molar-refractivity contribution in [2.45, 2.75) is 38.6 Å². The highest BCUT2D eigenvalue weighted by molar-refractivity contribution is 6.03. The molecule has 0 spiro atoms. The maximum absolute atomic E-state index is 12.7. The van der Waals surface area contributed by atoms with Gasteiger partial charge in [0.1, 0.15) is 6.04 Å². The molecule has 0 saturated heterocycles. The Hall–Kier alpha value is -2.62. The van der Waals surface area contributed by atoms with Gasteiger partial charge in [-0.25, -0.2) is 0 Å². The molecule has 1 heterocycles. The Morgan fingerprint density at radius 1 is 1.08 bits per heavy atom. The zero-order valence-corrected chi connectivity index (χ0v) is 13.9. The van der Waals surface area contributed by atoms with E-state index in [-0.39, 0.29) is 5.91 Å². The molecular formula is C20H22N2O2. The van der Waals surface area contributed by atoms with Crippen molar-refractivity contribution in [1.82, 2.24) is 0 Å². The molecule has 24 heavy (non-hydrogen) atoms. The van der Waals surface area contributed by atoms with Gasteiger partial charge < -0.3 is 5.73 Å². The fourth-order valence-electron chi connectivity index (χ4n) is 3.24. The van der Waals surface area contributed by atoms with Crippen molar-refractivity contribution in [3.05, 3.63) is 65.2 Å². The molecule has 0 unspecified atom stereocenters. The van der Waals surface area contributed by atoms with Crippen LogP contribution in [0.15, 0.2) is 48.5 Å². The average molecular weight is 322 g/mol. The van der Waals surface area contributed by atoms with E-state index >= 15 is 0 Å². The third-order valence-corrected chi connectivity index (χ3v) is 4.63. The number of nitrogens with zero attached hydrogens (tertiary/aromatic N) is 1. The highest BCUT2D eigenvalue weighted by Crippen LogP contribution is 2.32. The summed E-state index contributed by atoms with van der Waals surface area (Å²) >= 11 is 0. The molecule has 4 heteroatoms. The van der Waals surface area contributed by atoms with Crippen molar-refractivity contribution in [2.24, 2.45) is 5.73 Å². The summed E-state index contributed by atoms with van der Waals surface area (Å²) in [5, 5.41) is 0. The van der Waals surface area contributed by atoms with Gasteiger partial charge >= 0.3 is 0 Å². The molecule has 0 radical (unpaired) electrons. The van der Waals surface area contributed by atoms with E-state index in [0.717, 1.165) is 23.2 Å². The summed E-state index contributed by atoms with van der Waals surface area (Å²) in [6.07, 6.45) is 2.53. The van der Waals surface area contributed by atoms with E-state index in [1.807, 2.05) is 24.3 Å². The number of carbonyl (C=O) groups is 2. The summed E-state index contributed by atoms with van der Waals surface area (Å²) < 4.78 is 0. The molecule has 1 aliphatic heterocycles. The highest BCUT2D eigenvalue weighted by atomic mass is 16.2. The van der Waals surface area contributed by atoms with E-state index in [1.165, 1.54) is 5.56 Å². The molecule has 2 amide bonds. The Balaban J connectivity index is 1.73. The fraction of sp³-hybridized carbons (Fsp3) is 0.300. The number of primary amides is 1. The van der Waals surface area contributed by atoms with Gasteiger partial charge in [-0.1, -0.05) is 49.4 Å². The Morgan fingerprint density at radius 3 is 2.42 bits per heavy atom. The van der Waals surface area contributed by atoms with Crippen LogP contribution < -0.4 is 10.6 Å². The molecule has 3 rings (SSSR count). The number of rotatable bonds is 5. The first-order valence-corrected chi connectivity index (χ1v) is 8.37. The van der Waals surface area contributed by atoms with Gasteiger partial charge in [0.25, 0.3) is 0 Å². The van der Waals surface area contributed by atoms with Gasteiger partial charge in [0.2, 0.25) is 11.8 Å². The monoisotopic (exact) mass is 322 g/mol. The number of benzene rings is 2. The van der Waals surface area contributed by atoms with Crippen LogP contribution >= 0.6 is 0 Å². The molecule has 0 aromatic heterocycles. The summed E-state index contributed by atoms with van der Waals surface area (Å²) in [7, 11) is 0. The van der Waals surface area contributed by atoms with E-state index in [2.05, 4.69) is 31.2 Å². The predicted molar refractivity (Wildman–Crippen MR) is 94.8 cm³/mol. The second kappa shape index (κ2) is 6.87. The van der Waals surface area contributed by atoms with Gasteiger partial charge in [0.15, 0.2) is 0 Å². The van der Waals surface area contributed by atoms with Crippen LogP contribution in [0.2, 0.25) is 0 Å². The van der Waals surface area contributed by atoms with Crippen LogP contribution in [0.25, 0.3) is 0 Å².